The van der Waals surface area contributed by atoms with Crippen molar-refractivity contribution in [1.29, 1.82) is 0 Å². The van der Waals surface area contributed by atoms with Gasteiger partial charge in [-0.3, -0.25) is 4.79 Å². The molecule has 1 aliphatic rings. The number of benzene rings is 1. The fourth-order valence-corrected chi connectivity index (χ4v) is 2.45. The zero-order chi connectivity index (χ0) is 10.7. The maximum Gasteiger partial charge on any atom is 0.167 e. The van der Waals surface area contributed by atoms with E-state index < -0.39 is 0 Å². The van der Waals surface area contributed by atoms with Gasteiger partial charge in [-0.25, -0.2) is 0 Å². The average molecular weight is 268 g/mol. The predicted molar refractivity (Wildman–Crippen MR) is 64.1 cm³/mol. The van der Waals surface area contributed by atoms with Crippen LogP contribution in [0.15, 0.2) is 28.7 Å². The summed E-state index contributed by atoms with van der Waals surface area (Å²) in [4.78, 5) is 12.2. The molecule has 0 bridgehead atoms. The summed E-state index contributed by atoms with van der Waals surface area (Å²) >= 11 is 3.43. The Kier molecular flexibility index (Phi) is 3.54. The third-order valence-corrected chi connectivity index (χ3v) is 3.54. The summed E-state index contributed by atoms with van der Waals surface area (Å²) in [5.74, 6) is 0.480. The first-order valence-electron chi connectivity index (χ1n) is 5.28. The Bertz CT molecular complexity index is 358. The monoisotopic (exact) mass is 267 g/mol. The van der Waals surface area contributed by atoms with Crippen LogP contribution in [0.1, 0.15) is 23.2 Å². The Hall–Kier alpha value is -0.670. The lowest BCUT2D eigenvalue weighted by atomic mass is 9.90. The average Bonchev–Trinajstić information content (AvgIpc) is 2.30. The van der Waals surface area contributed by atoms with Crippen molar-refractivity contribution >= 4 is 21.7 Å². The van der Waals surface area contributed by atoms with E-state index in [-0.39, 0.29) is 11.7 Å². The van der Waals surface area contributed by atoms with Crippen LogP contribution in [0.4, 0.5) is 0 Å². The Balaban J connectivity index is 2.16. The summed E-state index contributed by atoms with van der Waals surface area (Å²) in [6.45, 7) is 1.92. The molecular formula is C12H14BrNO. The molecule has 2 rings (SSSR count). The molecule has 0 amide bonds. The second-order valence-electron chi connectivity index (χ2n) is 3.87. The maximum atomic E-state index is 12.2. The van der Waals surface area contributed by atoms with Crippen LogP contribution in [0, 0.1) is 5.92 Å². The van der Waals surface area contributed by atoms with Crippen molar-refractivity contribution in [1.82, 2.24) is 5.32 Å². The Morgan fingerprint density at radius 3 is 2.60 bits per heavy atom. The number of Topliss-reactive ketones (excluding diaryl/α,β-unsaturated/α-hetero) is 1. The number of rotatable bonds is 2. The molecule has 0 aromatic heterocycles. The molecule has 0 atom stereocenters. The number of ketones is 1. The highest BCUT2D eigenvalue weighted by atomic mass is 79.9. The van der Waals surface area contributed by atoms with Crippen molar-refractivity contribution in [3.05, 3.63) is 34.3 Å². The van der Waals surface area contributed by atoms with Crippen molar-refractivity contribution in [2.75, 3.05) is 13.1 Å². The van der Waals surface area contributed by atoms with Gasteiger partial charge in [0.05, 0.1) is 0 Å². The molecule has 0 radical (unpaired) electrons. The quantitative estimate of drug-likeness (QED) is 0.835. The molecule has 3 heteroatoms. The summed E-state index contributed by atoms with van der Waals surface area (Å²) in [5, 5.41) is 3.27. The second kappa shape index (κ2) is 4.90. The smallest absolute Gasteiger partial charge is 0.167 e. The number of hydrogen-bond acceptors (Lipinski definition) is 2. The third kappa shape index (κ3) is 2.47. The van der Waals surface area contributed by atoms with E-state index in [2.05, 4.69) is 21.2 Å². The van der Waals surface area contributed by atoms with Gasteiger partial charge >= 0.3 is 0 Å². The summed E-state index contributed by atoms with van der Waals surface area (Å²) in [7, 11) is 0. The lowest BCUT2D eigenvalue weighted by Crippen LogP contribution is -2.32. The van der Waals surface area contributed by atoms with Crippen LogP contribution < -0.4 is 5.32 Å². The normalized spacial score (nSPS) is 17.7. The summed E-state index contributed by atoms with van der Waals surface area (Å²) < 4.78 is 0.911. The number of carbonyl (C=O) groups is 1. The van der Waals surface area contributed by atoms with Crippen molar-refractivity contribution < 1.29 is 4.79 Å². The SMILES string of the molecule is O=C(c1ccccc1Br)C1CCNCC1. The number of piperidine rings is 1. The topological polar surface area (TPSA) is 29.1 Å². The van der Waals surface area contributed by atoms with E-state index in [1.165, 1.54) is 0 Å². The van der Waals surface area contributed by atoms with E-state index in [1.54, 1.807) is 0 Å². The van der Waals surface area contributed by atoms with Gasteiger partial charge in [0.1, 0.15) is 0 Å². The summed E-state index contributed by atoms with van der Waals surface area (Å²) in [5.41, 5.74) is 0.824. The standard InChI is InChI=1S/C12H14BrNO/c13-11-4-2-1-3-10(11)12(15)9-5-7-14-8-6-9/h1-4,9,14H,5-8H2. The molecular weight excluding hydrogens is 254 g/mol. The van der Waals surface area contributed by atoms with E-state index >= 15 is 0 Å². The van der Waals surface area contributed by atoms with Crippen molar-refractivity contribution in [3.8, 4) is 0 Å². The Labute approximate surface area is 98.2 Å². The first-order chi connectivity index (χ1) is 7.29. The van der Waals surface area contributed by atoms with E-state index in [1.807, 2.05) is 24.3 Å². The molecule has 1 N–H and O–H groups in total. The minimum absolute atomic E-state index is 0.199. The van der Waals surface area contributed by atoms with Crippen LogP contribution >= 0.6 is 15.9 Å². The van der Waals surface area contributed by atoms with Gasteiger partial charge in [0.15, 0.2) is 5.78 Å². The highest BCUT2D eigenvalue weighted by Gasteiger charge is 2.23. The lowest BCUT2D eigenvalue weighted by Gasteiger charge is -2.21. The summed E-state index contributed by atoms with van der Waals surface area (Å²) in [6, 6.07) is 7.67. The molecule has 0 spiro atoms. The molecule has 1 aliphatic heterocycles. The molecule has 1 aromatic carbocycles. The summed E-state index contributed by atoms with van der Waals surface area (Å²) in [6.07, 6.45) is 1.92. The van der Waals surface area contributed by atoms with Crippen molar-refractivity contribution in [2.24, 2.45) is 5.92 Å². The Morgan fingerprint density at radius 1 is 1.27 bits per heavy atom. The molecule has 15 heavy (non-hydrogen) atoms. The molecule has 80 valence electrons. The van der Waals surface area contributed by atoms with Crippen LogP contribution in [-0.4, -0.2) is 18.9 Å². The minimum Gasteiger partial charge on any atom is -0.317 e. The highest BCUT2D eigenvalue weighted by Crippen LogP contribution is 2.23. The van der Waals surface area contributed by atoms with E-state index in [0.717, 1.165) is 36.0 Å². The van der Waals surface area contributed by atoms with Crippen molar-refractivity contribution in [3.63, 3.8) is 0 Å². The zero-order valence-electron chi connectivity index (χ0n) is 8.50. The van der Waals surface area contributed by atoms with E-state index in [9.17, 15) is 4.79 Å². The first kappa shape index (κ1) is 10.8. The molecule has 1 saturated heterocycles. The molecule has 1 heterocycles. The lowest BCUT2D eigenvalue weighted by molar-refractivity contribution is 0.0894. The van der Waals surface area contributed by atoms with Crippen LogP contribution in [0.2, 0.25) is 0 Å². The van der Waals surface area contributed by atoms with Crippen molar-refractivity contribution in [2.45, 2.75) is 12.8 Å². The van der Waals surface area contributed by atoms with Crippen LogP contribution in [0.3, 0.4) is 0 Å². The highest BCUT2D eigenvalue weighted by molar-refractivity contribution is 9.10. The van der Waals surface area contributed by atoms with Gasteiger partial charge in [0, 0.05) is 16.0 Å². The molecule has 1 fully saturated rings. The van der Waals surface area contributed by atoms with Gasteiger partial charge in [-0.2, -0.15) is 0 Å². The number of halogens is 1. The Morgan fingerprint density at radius 2 is 1.93 bits per heavy atom. The fraction of sp³-hybridized carbons (Fsp3) is 0.417. The van der Waals surface area contributed by atoms with Gasteiger partial charge in [0.2, 0.25) is 0 Å². The maximum absolute atomic E-state index is 12.2. The second-order valence-corrected chi connectivity index (χ2v) is 4.72. The van der Waals surface area contributed by atoms with Crippen LogP contribution in [0.5, 0.6) is 0 Å². The molecule has 1 aromatic rings. The third-order valence-electron chi connectivity index (χ3n) is 2.85. The van der Waals surface area contributed by atoms with E-state index in [4.69, 9.17) is 0 Å². The number of hydrogen-bond donors (Lipinski definition) is 1. The largest absolute Gasteiger partial charge is 0.317 e. The number of carbonyl (C=O) groups excluding carboxylic acids is 1. The molecule has 0 aliphatic carbocycles. The minimum atomic E-state index is 0.199. The first-order valence-corrected chi connectivity index (χ1v) is 6.08. The van der Waals surface area contributed by atoms with Gasteiger partial charge < -0.3 is 5.32 Å². The molecule has 0 unspecified atom stereocenters. The molecule has 0 saturated carbocycles. The zero-order valence-corrected chi connectivity index (χ0v) is 10.1. The number of nitrogens with one attached hydrogen (secondary N) is 1. The van der Waals surface area contributed by atoms with Gasteiger partial charge in [-0.05, 0) is 32.0 Å². The van der Waals surface area contributed by atoms with E-state index in [0.29, 0.717) is 0 Å². The molecule has 2 nitrogen and oxygen atoms in total. The fourth-order valence-electron chi connectivity index (χ4n) is 1.97. The predicted octanol–water partition coefficient (Wildman–Crippen LogP) is 2.63. The van der Waals surface area contributed by atoms with Gasteiger partial charge in [0.25, 0.3) is 0 Å². The van der Waals surface area contributed by atoms with Gasteiger partial charge in [-0.1, -0.05) is 34.1 Å². The van der Waals surface area contributed by atoms with Crippen LogP contribution in [-0.2, 0) is 0 Å². The van der Waals surface area contributed by atoms with Crippen LogP contribution in [0.25, 0.3) is 0 Å². The van der Waals surface area contributed by atoms with Gasteiger partial charge in [-0.15, -0.1) is 0 Å².